The van der Waals surface area contributed by atoms with Gasteiger partial charge in [-0.1, -0.05) is 46.0 Å². The van der Waals surface area contributed by atoms with Crippen molar-refractivity contribution in [1.29, 1.82) is 0 Å². The third-order valence-electron chi connectivity index (χ3n) is 5.10. The molecule has 1 nitrogen and oxygen atoms in total. The molecule has 1 heteroatoms. The van der Waals surface area contributed by atoms with Gasteiger partial charge in [-0.05, 0) is 43.6 Å². The van der Waals surface area contributed by atoms with Crippen LogP contribution < -0.4 is 5.32 Å². The average Bonchev–Trinajstić information content (AvgIpc) is 2.32. The fourth-order valence-corrected chi connectivity index (χ4v) is 3.58. The highest BCUT2D eigenvalue weighted by Crippen LogP contribution is 2.30. The van der Waals surface area contributed by atoms with E-state index in [1.807, 2.05) is 0 Å². The number of nitrogens with one attached hydrogen (secondary N) is 1. The molecule has 0 aromatic carbocycles. The Bertz CT molecular complexity index is 196. The van der Waals surface area contributed by atoms with Gasteiger partial charge < -0.3 is 5.32 Å². The maximum absolute atomic E-state index is 3.87. The van der Waals surface area contributed by atoms with Crippen LogP contribution in [0.15, 0.2) is 0 Å². The molecule has 2 aliphatic carbocycles. The molecule has 16 heavy (non-hydrogen) atoms. The van der Waals surface area contributed by atoms with Crippen LogP contribution in [0.3, 0.4) is 0 Å². The summed E-state index contributed by atoms with van der Waals surface area (Å²) in [5.41, 5.74) is 0. The molecule has 3 unspecified atom stereocenters. The van der Waals surface area contributed by atoms with Gasteiger partial charge in [0.05, 0.1) is 0 Å². The predicted molar refractivity (Wildman–Crippen MR) is 70.5 cm³/mol. The van der Waals surface area contributed by atoms with Crippen LogP contribution in [0.4, 0.5) is 0 Å². The average molecular weight is 223 g/mol. The van der Waals surface area contributed by atoms with E-state index in [-0.39, 0.29) is 0 Å². The molecule has 0 aliphatic heterocycles. The summed E-state index contributed by atoms with van der Waals surface area (Å²) in [5.74, 6) is 2.80. The molecule has 0 radical (unpaired) electrons. The van der Waals surface area contributed by atoms with E-state index in [0.29, 0.717) is 0 Å². The van der Waals surface area contributed by atoms with Gasteiger partial charge >= 0.3 is 0 Å². The SMILES string of the molecule is CC1CCCC(NCC2CCCCC2)C1C. The number of rotatable bonds is 3. The maximum Gasteiger partial charge on any atom is 0.00953 e. The second kappa shape index (κ2) is 6.05. The zero-order valence-electron chi connectivity index (χ0n) is 11.2. The first-order valence-electron chi connectivity index (χ1n) is 7.50. The van der Waals surface area contributed by atoms with E-state index in [2.05, 4.69) is 19.2 Å². The highest BCUT2D eigenvalue weighted by atomic mass is 14.9. The smallest absolute Gasteiger partial charge is 0.00953 e. The monoisotopic (exact) mass is 223 g/mol. The van der Waals surface area contributed by atoms with Gasteiger partial charge in [-0.25, -0.2) is 0 Å². The maximum atomic E-state index is 3.87. The summed E-state index contributed by atoms with van der Waals surface area (Å²) in [4.78, 5) is 0. The summed E-state index contributed by atoms with van der Waals surface area (Å²) in [5, 5.41) is 3.87. The molecule has 0 bridgehead atoms. The van der Waals surface area contributed by atoms with Gasteiger partial charge in [0.2, 0.25) is 0 Å². The van der Waals surface area contributed by atoms with Crippen LogP contribution in [0, 0.1) is 17.8 Å². The van der Waals surface area contributed by atoms with E-state index in [1.165, 1.54) is 57.9 Å². The summed E-state index contributed by atoms with van der Waals surface area (Å²) < 4.78 is 0. The molecule has 0 aromatic heterocycles. The third-order valence-corrected chi connectivity index (χ3v) is 5.10. The molecular weight excluding hydrogens is 194 g/mol. The lowest BCUT2D eigenvalue weighted by Gasteiger charge is -2.36. The van der Waals surface area contributed by atoms with Crippen molar-refractivity contribution in [2.24, 2.45) is 17.8 Å². The minimum Gasteiger partial charge on any atom is -0.313 e. The van der Waals surface area contributed by atoms with Crippen molar-refractivity contribution in [3.8, 4) is 0 Å². The van der Waals surface area contributed by atoms with Crippen LogP contribution >= 0.6 is 0 Å². The van der Waals surface area contributed by atoms with E-state index in [4.69, 9.17) is 0 Å². The van der Waals surface area contributed by atoms with Crippen molar-refractivity contribution in [3.63, 3.8) is 0 Å². The van der Waals surface area contributed by atoms with Gasteiger partial charge in [0.25, 0.3) is 0 Å². The zero-order chi connectivity index (χ0) is 11.4. The Kier molecular flexibility index (Phi) is 4.69. The Hall–Kier alpha value is -0.0400. The molecule has 0 amide bonds. The number of hydrogen-bond donors (Lipinski definition) is 1. The van der Waals surface area contributed by atoms with Gasteiger partial charge in [0.15, 0.2) is 0 Å². The van der Waals surface area contributed by atoms with E-state index in [1.54, 1.807) is 0 Å². The molecule has 2 aliphatic rings. The molecule has 0 saturated heterocycles. The molecule has 3 atom stereocenters. The second-order valence-corrected chi connectivity index (χ2v) is 6.29. The Balaban J connectivity index is 1.71. The first-order valence-corrected chi connectivity index (χ1v) is 7.50. The van der Waals surface area contributed by atoms with Crippen LogP contribution in [0.2, 0.25) is 0 Å². The van der Waals surface area contributed by atoms with Crippen LogP contribution in [-0.4, -0.2) is 12.6 Å². The van der Waals surface area contributed by atoms with Crippen molar-refractivity contribution in [3.05, 3.63) is 0 Å². The minimum atomic E-state index is 0.811. The Morgan fingerprint density at radius 1 is 0.875 bits per heavy atom. The lowest BCUT2D eigenvalue weighted by atomic mass is 9.77. The lowest BCUT2D eigenvalue weighted by Crippen LogP contribution is -2.42. The van der Waals surface area contributed by atoms with E-state index in [9.17, 15) is 0 Å². The molecule has 0 heterocycles. The summed E-state index contributed by atoms with van der Waals surface area (Å²) in [6.45, 7) is 6.17. The van der Waals surface area contributed by atoms with Crippen LogP contribution in [0.1, 0.15) is 65.2 Å². The Morgan fingerprint density at radius 3 is 2.38 bits per heavy atom. The van der Waals surface area contributed by atoms with Crippen molar-refractivity contribution in [1.82, 2.24) is 5.32 Å². The summed E-state index contributed by atoms with van der Waals surface area (Å²) in [6.07, 6.45) is 11.7. The number of hydrogen-bond acceptors (Lipinski definition) is 1. The fraction of sp³-hybridized carbons (Fsp3) is 1.00. The normalized spacial score (nSPS) is 37.5. The molecule has 2 fully saturated rings. The third kappa shape index (κ3) is 3.23. The molecule has 0 spiro atoms. The summed E-state index contributed by atoms with van der Waals surface area (Å²) in [7, 11) is 0. The van der Waals surface area contributed by atoms with Gasteiger partial charge in [-0.2, -0.15) is 0 Å². The zero-order valence-corrected chi connectivity index (χ0v) is 11.2. The molecular formula is C15H29N. The highest BCUT2D eigenvalue weighted by molar-refractivity contribution is 4.83. The predicted octanol–water partition coefficient (Wildman–Crippen LogP) is 3.98. The van der Waals surface area contributed by atoms with Gasteiger partial charge in [-0.3, -0.25) is 0 Å². The lowest BCUT2D eigenvalue weighted by molar-refractivity contribution is 0.194. The topological polar surface area (TPSA) is 12.0 Å². The van der Waals surface area contributed by atoms with Crippen LogP contribution in [0.25, 0.3) is 0 Å². The van der Waals surface area contributed by atoms with E-state index < -0.39 is 0 Å². The van der Waals surface area contributed by atoms with Crippen molar-refractivity contribution in [2.75, 3.05) is 6.54 Å². The second-order valence-electron chi connectivity index (χ2n) is 6.29. The summed E-state index contributed by atoms with van der Waals surface area (Å²) in [6, 6.07) is 0.811. The van der Waals surface area contributed by atoms with Gasteiger partial charge in [0, 0.05) is 6.04 Å². The minimum absolute atomic E-state index is 0.811. The van der Waals surface area contributed by atoms with Crippen LogP contribution in [-0.2, 0) is 0 Å². The van der Waals surface area contributed by atoms with Gasteiger partial charge in [-0.15, -0.1) is 0 Å². The largest absolute Gasteiger partial charge is 0.313 e. The standard InChI is InChI=1S/C15H29N/c1-12-7-6-10-15(13(12)2)16-11-14-8-4-3-5-9-14/h12-16H,3-11H2,1-2H3. The van der Waals surface area contributed by atoms with Crippen LogP contribution in [0.5, 0.6) is 0 Å². The van der Waals surface area contributed by atoms with Crippen molar-refractivity contribution in [2.45, 2.75) is 71.3 Å². The summed E-state index contributed by atoms with van der Waals surface area (Å²) >= 11 is 0. The van der Waals surface area contributed by atoms with E-state index in [0.717, 1.165) is 23.8 Å². The molecule has 2 saturated carbocycles. The van der Waals surface area contributed by atoms with Crippen molar-refractivity contribution < 1.29 is 0 Å². The molecule has 2 rings (SSSR count). The molecule has 0 aromatic rings. The van der Waals surface area contributed by atoms with Gasteiger partial charge in [0.1, 0.15) is 0 Å². The highest BCUT2D eigenvalue weighted by Gasteiger charge is 2.27. The quantitative estimate of drug-likeness (QED) is 0.763. The Morgan fingerprint density at radius 2 is 1.62 bits per heavy atom. The Labute approximate surface area is 101 Å². The first kappa shape index (κ1) is 12.4. The fourth-order valence-electron chi connectivity index (χ4n) is 3.58. The van der Waals surface area contributed by atoms with Crippen molar-refractivity contribution >= 4 is 0 Å². The first-order chi connectivity index (χ1) is 7.77. The molecule has 94 valence electrons. The molecule has 1 N–H and O–H groups in total. The van der Waals surface area contributed by atoms with E-state index >= 15 is 0 Å².